The maximum absolute atomic E-state index is 13.5. The lowest BCUT2D eigenvalue weighted by atomic mass is 10.0. The second-order valence-corrected chi connectivity index (χ2v) is 7.24. The first-order valence-corrected chi connectivity index (χ1v) is 10.1. The van der Waals surface area contributed by atoms with Crippen LogP contribution in [0.5, 0.6) is 11.5 Å². The highest BCUT2D eigenvalue weighted by Crippen LogP contribution is 2.30. The summed E-state index contributed by atoms with van der Waals surface area (Å²) < 4.78 is 19.1. The van der Waals surface area contributed by atoms with E-state index in [2.05, 4.69) is 4.98 Å². The summed E-state index contributed by atoms with van der Waals surface area (Å²) in [6.07, 6.45) is 4.99. The molecule has 0 aliphatic rings. The summed E-state index contributed by atoms with van der Waals surface area (Å²) in [7, 11) is 1.60. The number of nitrogens with zero attached hydrogens (tertiary/aromatic N) is 2. The van der Waals surface area contributed by atoms with E-state index in [1.807, 2.05) is 54.6 Å². The van der Waals surface area contributed by atoms with Crippen molar-refractivity contribution >= 4 is 11.0 Å². The predicted molar refractivity (Wildman–Crippen MR) is 122 cm³/mol. The van der Waals surface area contributed by atoms with Gasteiger partial charge in [-0.25, -0.2) is 4.98 Å². The lowest BCUT2D eigenvalue weighted by Gasteiger charge is -2.12. The summed E-state index contributed by atoms with van der Waals surface area (Å²) in [6, 6.07) is 22.5. The van der Waals surface area contributed by atoms with E-state index in [4.69, 9.17) is 13.9 Å². The van der Waals surface area contributed by atoms with Gasteiger partial charge in [0.05, 0.1) is 18.1 Å². The van der Waals surface area contributed by atoms with E-state index in [-0.39, 0.29) is 5.43 Å². The summed E-state index contributed by atoms with van der Waals surface area (Å²) in [6.45, 7) is 0.425. The minimum Gasteiger partial charge on any atom is -0.497 e. The van der Waals surface area contributed by atoms with Crippen LogP contribution in [-0.2, 0) is 6.61 Å². The van der Waals surface area contributed by atoms with Crippen molar-refractivity contribution in [2.45, 2.75) is 6.61 Å². The van der Waals surface area contributed by atoms with E-state index in [1.165, 1.54) is 0 Å². The molecule has 0 unspecified atom stereocenters. The Hall–Kier alpha value is -4.32. The molecular weight excluding hydrogens is 404 g/mol. The Labute approximate surface area is 184 Å². The molecule has 0 fully saturated rings. The SMILES string of the molecule is COc1ccc(-c2c(-n3ccnc3)oc3cc(OCc4ccccc4)ccc3c2=O)cc1. The summed E-state index contributed by atoms with van der Waals surface area (Å²) in [4.78, 5) is 17.6. The Kier molecular flexibility index (Phi) is 5.17. The van der Waals surface area contributed by atoms with Crippen LogP contribution in [0.15, 0.2) is 101 Å². The Bertz CT molecular complexity index is 1410. The molecule has 0 bridgehead atoms. The average Bonchev–Trinajstić information content (AvgIpc) is 3.38. The lowest BCUT2D eigenvalue weighted by Crippen LogP contribution is -2.10. The molecule has 0 radical (unpaired) electrons. The van der Waals surface area contributed by atoms with Crippen LogP contribution < -0.4 is 14.9 Å². The second-order valence-electron chi connectivity index (χ2n) is 7.24. The quantitative estimate of drug-likeness (QED) is 0.373. The molecule has 0 aliphatic carbocycles. The van der Waals surface area contributed by atoms with Gasteiger partial charge in [0, 0.05) is 18.5 Å². The van der Waals surface area contributed by atoms with E-state index in [0.717, 1.165) is 11.1 Å². The van der Waals surface area contributed by atoms with Crippen LogP contribution in [0, 0.1) is 0 Å². The number of rotatable bonds is 6. The molecule has 0 spiro atoms. The van der Waals surface area contributed by atoms with Gasteiger partial charge in [-0.1, -0.05) is 42.5 Å². The van der Waals surface area contributed by atoms with Gasteiger partial charge in [-0.05, 0) is 35.4 Å². The van der Waals surface area contributed by atoms with Crippen LogP contribution >= 0.6 is 0 Å². The molecule has 158 valence electrons. The van der Waals surface area contributed by atoms with Crippen molar-refractivity contribution in [2.75, 3.05) is 7.11 Å². The Balaban J connectivity index is 1.61. The molecule has 3 aromatic carbocycles. The summed E-state index contributed by atoms with van der Waals surface area (Å²) in [5.41, 5.74) is 2.56. The fraction of sp³-hybridized carbons (Fsp3) is 0.0769. The smallest absolute Gasteiger partial charge is 0.217 e. The minimum atomic E-state index is -0.130. The fourth-order valence-corrected chi connectivity index (χ4v) is 3.57. The minimum absolute atomic E-state index is 0.130. The molecule has 0 atom stereocenters. The standard InChI is InChI=1S/C26H20N2O4/c1-30-20-9-7-19(8-10-20)24-25(29)22-12-11-21(31-16-18-5-3-2-4-6-18)15-23(22)32-26(24)28-14-13-27-17-28/h2-15,17H,16H2,1H3. The fourth-order valence-electron chi connectivity index (χ4n) is 3.57. The molecule has 0 amide bonds. The van der Waals surface area contributed by atoms with Gasteiger partial charge in [0.2, 0.25) is 11.3 Å². The molecular formula is C26H20N2O4. The second kappa shape index (κ2) is 8.43. The van der Waals surface area contributed by atoms with Gasteiger partial charge in [0.15, 0.2) is 0 Å². The van der Waals surface area contributed by atoms with Gasteiger partial charge in [-0.2, -0.15) is 0 Å². The predicted octanol–water partition coefficient (Wildman–Crippen LogP) is 5.23. The Morgan fingerprint density at radius 3 is 2.47 bits per heavy atom. The highest BCUT2D eigenvalue weighted by atomic mass is 16.5. The number of ether oxygens (including phenoxy) is 2. The number of methoxy groups -OCH3 is 1. The number of aromatic nitrogens is 2. The molecule has 32 heavy (non-hydrogen) atoms. The molecule has 0 N–H and O–H groups in total. The number of hydrogen-bond acceptors (Lipinski definition) is 5. The molecule has 5 aromatic rings. The monoisotopic (exact) mass is 424 g/mol. The van der Waals surface area contributed by atoms with Crippen LogP contribution in [0.4, 0.5) is 0 Å². The third-order valence-electron chi connectivity index (χ3n) is 5.21. The molecule has 2 heterocycles. The zero-order chi connectivity index (χ0) is 21.9. The third kappa shape index (κ3) is 3.74. The van der Waals surface area contributed by atoms with Crippen LogP contribution in [0.25, 0.3) is 28.0 Å². The van der Waals surface area contributed by atoms with Crippen LogP contribution in [0.3, 0.4) is 0 Å². The van der Waals surface area contributed by atoms with Gasteiger partial charge in [0.25, 0.3) is 0 Å². The Morgan fingerprint density at radius 1 is 0.969 bits per heavy atom. The number of hydrogen-bond donors (Lipinski definition) is 0. The molecule has 0 aliphatic heterocycles. The summed E-state index contributed by atoms with van der Waals surface area (Å²) in [5.74, 6) is 1.73. The highest BCUT2D eigenvalue weighted by Gasteiger charge is 2.18. The van der Waals surface area contributed by atoms with E-state index in [0.29, 0.717) is 40.5 Å². The van der Waals surface area contributed by atoms with E-state index >= 15 is 0 Å². The lowest BCUT2D eigenvalue weighted by molar-refractivity contribution is 0.306. The number of fused-ring (bicyclic) bond motifs is 1. The maximum Gasteiger partial charge on any atom is 0.217 e. The normalized spacial score (nSPS) is 10.9. The van der Waals surface area contributed by atoms with Crippen LogP contribution in [-0.4, -0.2) is 16.7 Å². The number of benzene rings is 3. The van der Waals surface area contributed by atoms with Gasteiger partial charge in [-0.15, -0.1) is 0 Å². The molecule has 2 aromatic heterocycles. The first-order valence-electron chi connectivity index (χ1n) is 10.1. The largest absolute Gasteiger partial charge is 0.497 e. The van der Waals surface area contributed by atoms with Crippen molar-refractivity contribution in [3.05, 3.63) is 107 Å². The van der Waals surface area contributed by atoms with Crippen molar-refractivity contribution in [3.63, 3.8) is 0 Å². The zero-order valence-corrected chi connectivity index (χ0v) is 17.4. The first-order chi connectivity index (χ1) is 15.7. The van der Waals surface area contributed by atoms with Crippen molar-refractivity contribution in [3.8, 4) is 28.5 Å². The van der Waals surface area contributed by atoms with E-state index < -0.39 is 0 Å². The van der Waals surface area contributed by atoms with Crippen LogP contribution in [0.1, 0.15) is 5.56 Å². The first kappa shape index (κ1) is 19.6. The van der Waals surface area contributed by atoms with Gasteiger partial charge in [-0.3, -0.25) is 9.36 Å². The maximum atomic E-state index is 13.5. The van der Waals surface area contributed by atoms with Gasteiger partial charge < -0.3 is 13.9 Å². The van der Waals surface area contributed by atoms with Crippen molar-refractivity contribution in [1.82, 2.24) is 9.55 Å². The topological polar surface area (TPSA) is 66.5 Å². The molecule has 6 heteroatoms. The van der Waals surface area contributed by atoms with Gasteiger partial charge in [0.1, 0.15) is 30.0 Å². The van der Waals surface area contributed by atoms with Crippen molar-refractivity contribution < 1.29 is 13.9 Å². The molecule has 5 rings (SSSR count). The number of imidazole rings is 1. The zero-order valence-electron chi connectivity index (χ0n) is 17.4. The van der Waals surface area contributed by atoms with E-state index in [9.17, 15) is 4.79 Å². The summed E-state index contributed by atoms with van der Waals surface area (Å²) in [5, 5.41) is 0.478. The average molecular weight is 424 g/mol. The highest BCUT2D eigenvalue weighted by molar-refractivity contribution is 5.85. The van der Waals surface area contributed by atoms with Crippen LogP contribution in [0.2, 0.25) is 0 Å². The molecule has 0 saturated heterocycles. The molecule has 6 nitrogen and oxygen atoms in total. The van der Waals surface area contributed by atoms with E-state index in [1.54, 1.807) is 48.6 Å². The Morgan fingerprint density at radius 2 is 1.75 bits per heavy atom. The third-order valence-corrected chi connectivity index (χ3v) is 5.21. The molecule has 0 saturated carbocycles. The van der Waals surface area contributed by atoms with Gasteiger partial charge >= 0.3 is 0 Å². The van der Waals surface area contributed by atoms with Crippen molar-refractivity contribution in [1.29, 1.82) is 0 Å². The van der Waals surface area contributed by atoms with Crippen molar-refractivity contribution in [2.24, 2.45) is 0 Å². The summed E-state index contributed by atoms with van der Waals surface area (Å²) >= 11 is 0.